The molecule has 4 N–H and O–H groups in total. The number of nitrogens with two attached hydrogens (primary N) is 1. The van der Waals surface area contributed by atoms with Gasteiger partial charge in [-0.05, 0) is 56.5 Å². The molecule has 0 radical (unpaired) electrons. The molecule has 152 valence electrons. The summed E-state index contributed by atoms with van der Waals surface area (Å²) in [6, 6.07) is 4.97. The second-order valence-electron chi connectivity index (χ2n) is 7.32. The van der Waals surface area contributed by atoms with Gasteiger partial charge < -0.3 is 16.4 Å². The number of nitrogens with one attached hydrogen (secondary N) is 2. The maximum atomic E-state index is 12.3. The molecule has 0 aromatic heterocycles. The largest absolute Gasteiger partial charge is 0.325 e. The van der Waals surface area contributed by atoms with Gasteiger partial charge in [0.25, 0.3) is 0 Å². The monoisotopic (exact) mass is 396 g/mol. The number of rotatable bonds is 7. The van der Waals surface area contributed by atoms with Crippen LogP contribution in [0.2, 0.25) is 0 Å². The van der Waals surface area contributed by atoms with Gasteiger partial charge in [-0.25, -0.2) is 0 Å². The van der Waals surface area contributed by atoms with E-state index in [0.29, 0.717) is 12.2 Å². The second-order valence-corrected chi connectivity index (χ2v) is 7.32. The Labute approximate surface area is 168 Å². The van der Waals surface area contributed by atoms with E-state index in [1.807, 2.05) is 32.9 Å². The normalized spacial score (nSPS) is 16.7. The van der Waals surface area contributed by atoms with Gasteiger partial charge in [-0.1, -0.05) is 32.8 Å². The summed E-state index contributed by atoms with van der Waals surface area (Å²) >= 11 is 0. The summed E-state index contributed by atoms with van der Waals surface area (Å²) in [6.45, 7) is 8.29. The van der Waals surface area contributed by atoms with E-state index in [0.717, 1.165) is 43.6 Å². The fourth-order valence-corrected chi connectivity index (χ4v) is 3.08. The first kappa shape index (κ1) is 23.4. The number of anilines is 2. The Morgan fingerprint density at radius 1 is 1.19 bits per heavy atom. The lowest BCUT2D eigenvalue weighted by Crippen LogP contribution is -2.40. The van der Waals surface area contributed by atoms with E-state index in [2.05, 4.69) is 15.5 Å². The molecule has 2 atom stereocenters. The number of nitrogens with zero attached hydrogens (tertiary/aromatic N) is 1. The molecule has 7 heteroatoms. The van der Waals surface area contributed by atoms with Crippen molar-refractivity contribution in [2.24, 2.45) is 11.7 Å². The first-order chi connectivity index (χ1) is 12.4. The molecule has 1 heterocycles. The smallest absolute Gasteiger partial charge is 0.241 e. The van der Waals surface area contributed by atoms with E-state index in [1.165, 1.54) is 6.42 Å². The van der Waals surface area contributed by atoms with Crippen molar-refractivity contribution < 1.29 is 9.59 Å². The highest BCUT2D eigenvalue weighted by molar-refractivity contribution is 5.97. The first-order valence-corrected chi connectivity index (χ1v) is 9.60. The average molecular weight is 397 g/mol. The van der Waals surface area contributed by atoms with E-state index in [4.69, 9.17) is 5.73 Å². The van der Waals surface area contributed by atoms with Gasteiger partial charge in [0, 0.05) is 11.4 Å². The van der Waals surface area contributed by atoms with Crippen LogP contribution in [0.5, 0.6) is 0 Å². The van der Waals surface area contributed by atoms with Crippen LogP contribution >= 0.6 is 12.4 Å². The van der Waals surface area contributed by atoms with Gasteiger partial charge in [0.15, 0.2) is 0 Å². The van der Waals surface area contributed by atoms with Gasteiger partial charge in [0.1, 0.15) is 0 Å². The molecule has 1 aliphatic rings. The number of carbonyl (C=O) groups excluding carboxylic acids is 2. The predicted octanol–water partition coefficient (Wildman–Crippen LogP) is 3.15. The summed E-state index contributed by atoms with van der Waals surface area (Å²) in [4.78, 5) is 26.8. The molecular formula is C20H33ClN4O2. The number of carbonyl (C=O) groups is 2. The van der Waals surface area contributed by atoms with Gasteiger partial charge in [-0.2, -0.15) is 0 Å². The summed E-state index contributed by atoms with van der Waals surface area (Å²) in [5, 5.41) is 5.82. The van der Waals surface area contributed by atoms with Gasteiger partial charge in [-0.3, -0.25) is 14.5 Å². The second kappa shape index (κ2) is 11.3. The number of amides is 2. The Bertz CT molecular complexity index is 632. The fourth-order valence-electron chi connectivity index (χ4n) is 3.08. The molecule has 27 heavy (non-hydrogen) atoms. The number of aryl methyl sites for hydroxylation is 1. The minimum atomic E-state index is -0.543. The molecule has 6 nitrogen and oxygen atoms in total. The van der Waals surface area contributed by atoms with Crippen molar-refractivity contribution >= 4 is 35.6 Å². The minimum Gasteiger partial charge on any atom is -0.325 e. The lowest BCUT2D eigenvalue weighted by molar-refractivity contribution is -0.118. The third-order valence-electron chi connectivity index (χ3n) is 5.15. The molecule has 2 amide bonds. The lowest BCUT2D eigenvalue weighted by Gasteiger charge is -2.25. The third kappa shape index (κ3) is 7.13. The van der Waals surface area contributed by atoms with E-state index in [-0.39, 0.29) is 30.1 Å². The number of hydrogen-bond acceptors (Lipinski definition) is 4. The summed E-state index contributed by atoms with van der Waals surface area (Å²) in [5.74, 6) is -0.104. The molecule has 1 aliphatic heterocycles. The van der Waals surface area contributed by atoms with E-state index in [9.17, 15) is 9.59 Å². The molecule has 2 unspecified atom stereocenters. The van der Waals surface area contributed by atoms with Crippen LogP contribution in [0.3, 0.4) is 0 Å². The fraction of sp³-hybridized carbons (Fsp3) is 0.600. The Hall–Kier alpha value is -1.63. The van der Waals surface area contributed by atoms with Crippen molar-refractivity contribution in [3.63, 3.8) is 0 Å². The van der Waals surface area contributed by atoms with Crippen molar-refractivity contribution in [1.29, 1.82) is 0 Å². The third-order valence-corrected chi connectivity index (χ3v) is 5.15. The Kier molecular flexibility index (Phi) is 9.77. The van der Waals surface area contributed by atoms with Crippen LogP contribution in [0, 0.1) is 12.8 Å². The van der Waals surface area contributed by atoms with Crippen molar-refractivity contribution in [2.75, 3.05) is 30.3 Å². The molecule has 1 aromatic carbocycles. The number of hydrogen-bond donors (Lipinski definition) is 3. The zero-order valence-electron chi connectivity index (χ0n) is 16.6. The van der Waals surface area contributed by atoms with Crippen molar-refractivity contribution in [1.82, 2.24) is 4.90 Å². The molecular weight excluding hydrogens is 364 g/mol. The summed E-state index contributed by atoms with van der Waals surface area (Å²) in [6.07, 6.45) is 4.41. The maximum absolute atomic E-state index is 12.3. The zero-order valence-corrected chi connectivity index (χ0v) is 17.4. The molecule has 2 rings (SSSR count). The average Bonchev–Trinajstić information content (AvgIpc) is 2.63. The van der Waals surface area contributed by atoms with Crippen LogP contribution in [0.1, 0.15) is 45.1 Å². The first-order valence-electron chi connectivity index (χ1n) is 9.60. The number of halogens is 1. The van der Waals surface area contributed by atoms with Gasteiger partial charge >= 0.3 is 0 Å². The summed E-state index contributed by atoms with van der Waals surface area (Å²) < 4.78 is 0. The highest BCUT2D eigenvalue weighted by Crippen LogP contribution is 2.21. The highest BCUT2D eigenvalue weighted by atomic mass is 35.5. The van der Waals surface area contributed by atoms with Crippen molar-refractivity contribution in [3.8, 4) is 0 Å². The molecule has 0 spiro atoms. The SMILES string of the molecule is CCC(C)C(N)C(=O)Nc1ccc(C)c(NC(=O)CN2CCCCC2)c1.Cl. The molecule has 1 aromatic rings. The molecule has 1 saturated heterocycles. The zero-order chi connectivity index (χ0) is 19.1. The quantitative estimate of drug-likeness (QED) is 0.660. The number of benzene rings is 1. The van der Waals surface area contributed by atoms with Crippen LogP contribution in [0.4, 0.5) is 11.4 Å². The maximum Gasteiger partial charge on any atom is 0.241 e. The highest BCUT2D eigenvalue weighted by Gasteiger charge is 2.20. The van der Waals surface area contributed by atoms with Gasteiger partial charge in [-0.15, -0.1) is 12.4 Å². The number of piperidine rings is 1. The Balaban J connectivity index is 0.00000364. The summed E-state index contributed by atoms with van der Waals surface area (Å²) in [7, 11) is 0. The predicted molar refractivity (Wildman–Crippen MR) is 113 cm³/mol. The Morgan fingerprint density at radius 2 is 1.85 bits per heavy atom. The van der Waals surface area contributed by atoms with Crippen LogP contribution in [0.25, 0.3) is 0 Å². The van der Waals surface area contributed by atoms with Crippen molar-refractivity contribution in [2.45, 2.75) is 52.5 Å². The molecule has 0 bridgehead atoms. The van der Waals surface area contributed by atoms with E-state index >= 15 is 0 Å². The van der Waals surface area contributed by atoms with E-state index in [1.54, 1.807) is 6.07 Å². The lowest BCUT2D eigenvalue weighted by atomic mass is 9.99. The topological polar surface area (TPSA) is 87.5 Å². The van der Waals surface area contributed by atoms with E-state index < -0.39 is 6.04 Å². The standard InChI is InChI=1S/C20H32N4O2.ClH/c1-4-14(2)19(21)20(26)22-16-9-8-15(3)17(12-16)23-18(25)13-24-10-6-5-7-11-24;/h8-9,12,14,19H,4-7,10-11,13,21H2,1-3H3,(H,22,26)(H,23,25);1H. The van der Waals surface area contributed by atoms with Crippen LogP contribution < -0.4 is 16.4 Å². The molecule has 0 aliphatic carbocycles. The molecule has 1 fully saturated rings. The van der Waals surface area contributed by atoms with Crippen molar-refractivity contribution in [3.05, 3.63) is 23.8 Å². The van der Waals surface area contributed by atoms with Gasteiger partial charge in [0.2, 0.25) is 11.8 Å². The van der Waals surface area contributed by atoms with Crippen LogP contribution in [-0.2, 0) is 9.59 Å². The van der Waals surface area contributed by atoms with Crippen LogP contribution in [-0.4, -0.2) is 42.4 Å². The Morgan fingerprint density at radius 3 is 2.48 bits per heavy atom. The van der Waals surface area contributed by atoms with Gasteiger partial charge in [0.05, 0.1) is 12.6 Å². The number of likely N-dealkylation sites (tertiary alicyclic amines) is 1. The summed E-state index contributed by atoms with van der Waals surface area (Å²) in [5.41, 5.74) is 8.31. The van der Waals surface area contributed by atoms with Crippen LogP contribution in [0.15, 0.2) is 18.2 Å². The minimum absolute atomic E-state index is 0. The molecule has 0 saturated carbocycles.